The fraction of sp³-hybridized carbons (Fsp3) is 0.500. The number of aryl methyl sites for hydroxylation is 1. The van der Waals surface area contributed by atoms with E-state index in [0.29, 0.717) is 13.1 Å². The third-order valence-corrected chi connectivity index (χ3v) is 3.73. The van der Waals surface area contributed by atoms with E-state index in [0.717, 1.165) is 36.9 Å². The number of hydrogen-bond donors (Lipinski definition) is 0. The van der Waals surface area contributed by atoms with Crippen molar-refractivity contribution in [2.45, 2.75) is 32.6 Å². The molecule has 0 saturated heterocycles. The van der Waals surface area contributed by atoms with Crippen LogP contribution >= 0.6 is 0 Å². The van der Waals surface area contributed by atoms with Crippen LogP contribution in [0.15, 0.2) is 24.3 Å². The maximum Gasteiger partial charge on any atom is 0.316 e. The quantitative estimate of drug-likeness (QED) is 0.793. The Bertz CT molecular complexity index is 499. The number of carbonyl (C=O) groups excluding carboxylic acids is 2. The zero-order valence-corrected chi connectivity index (χ0v) is 12.3. The first-order chi connectivity index (χ1) is 9.65. The van der Waals surface area contributed by atoms with Gasteiger partial charge >= 0.3 is 11.8 Å². The van der Waals surface area contributed by atoms with E-state index in [4.69, 9.17) is 0 Å². The Kier molecular flexibility index (Phi) is 4.77. The molecule has 1 aliphatic heterocycles. The maximum absolute atomic E-state index is 12.4. The van der Waals surface area contributed by atoms with Gasteiger partial charge in [-0.3, -0.25) is 9.59 Å². The average Bonchev–Trinajstić information content (AvgIpc) is 2.50. The highest BCUT2D eigenvalue weighted by Crippen LogP contribution is 2.26. The van der Waals surface area contributed by atoms with E-state index in [2.05, 4.69) is 6.92 Å². The SMILES string of the molecule is CCCCN(C)C(=O)C(=O)N1CCCc2ccccc21. The summed E-state index contributed by atoms with van der Waals surface area (Å²) in [6.07, 6.45) is 3.82. The van der Waals surface area contributed by atoms with Gasteiger partial charge in [-0.1, -0.05) is 31.5 Å². The monoisotopic (exact) mass is 274 g/mol. The molecular weight excluding hydrogens is 252 g/mol. The fourth-order valence-corrected chi connectivity index (χ4v) is 2.52. The Morgan fingerprint density at radius 1 is 1.30 bits per heavy atom. The third kappa shape index (κ3) is 3.00. The molecule has 1 aromatic carbocycles. The minimum Gasteiger partial charge on any atom is -0.337 e. The van der Waals surface area contributed by atoms with Crippen LogP contribution in [-0.2, 0) is 16.0 Å². The van der Waals surface area contributed by atoms with Crippen LogP contribution in [0.4, 0.5) is 5.69 Å². The zero-order chi connectivity index (χ0) is 14.5. The highest BCUT2D eigenvalue weighted by molar-refractivity contribution is 6.40. The van der Waals surface area contributed by atoms with Crippen molar-refractivity contribution in [1.82, 2.24) is 4.90 Å². The minimum absolute atomic E-state index is 0.407. The average molecular weight is 274 g/mol. The summed E-state index contributed by atoms with van der Waals surface area (Å²) in [4.78, 5) is 27.8. The smallest absolute Gasteiger partial charge is 0.316 e. The fourth-order valence-electron chi connectivity index (χ4n) is 2.52. The molecule has 2 rings (SSSR count). The van der Waals surface area contributed by atoms with E-state index < -0.39 is 11.8 Å². The molecule has 4 nitrogen and oxygen atoms in total. The molecule has 20 heavy (non-hydrogen) atoms. The predicted octanol–water partition coefficient (Wildman–Crippen LogP) is 2.22. The molecule has 1 aliphatic rings. The Morgan fingerprint density at radius 2 is 2.05 bits per heavy atom. The lowest BCUT2D eigenvalue weighted by molar-refractivity contribution is -0.143. The van der Waals surface area contributed by atoms with Crippen molar-refractivity contribution < 1.29 is 9.59 Å². The molecule has 0 saturated carbocycles. The first kappa shape index (κ1) is 14.6. The van der Waals surface area contributed by atoms with Crippen LogP contribution in [-0.4, -0.2) is 36.9 Å². The van der Waals surface area contributed by atoms with Gasteiger partial charge in [0, 0.05) is 25.8 Å². The van der Waals surface area contributed by atoms with E-state index in [-0.39, 0.29) is 0 Å². The number of anilines is 1. The second kappa shape index (κ2) is 6.55. The number of nitrogens with zero attached hydrogens (tertiary/aromatic N) is 2. The number of unbranched alkanes of at least 4 members (excludes halogenated alkanes) is 1. The van der Waals surface area contributed by atoms with Crippen molar-refractivity contribution in [2.24, 2.45) is 0 Å². The van der Waals surface area contributed by atoms with Crippen molar-refractivity contribution in [1.29, 1.82) is 0 Å². The number of fused-ring (bicyclic) bond motifs is 1. The largest absolute Gasteiger partial charge is 0.337 e. The molecule has 0 aromatic heterocycles. The number of amides is 2. The second-order valence-corrected chi connectivity index (χ2v) is 5.27. The molecule has 2 amide bonds. The van der Waals surface area contributed by atoms with Crippen LogP contribution < -0.4 is 4.90 Å². The maximum atomic E-state index is 12.4. The van der Waals surface area contributed by atoms with E-state index >= 15 is 0 Å². The minimum atomic E-state index is -0.407. The summed E-state index contributed by atoms with van der Waals surface area (Å²) in [6.45, 7) is 3.33. The van der Waals surface area contributed by atoms with Crippen molar-refractivity contribution in [3.63, 3.8) is 0 Å². The topological polar surface area (TPSA) is 40.6 Å². The lowest BCUT2D eigenvalue weighted by atomic mass is 10.0. The first-order valence-electron chi connectivity index (χ1n) is 7.30. The molecule has 1 heterocycles. The van der Waals surface area contributed by atoms with Crippen LogP contribution in [0.25, 0.3) is 0 Å². The molecule has 0 radical (unpaired) electrons. The Hall–Kier alpha value is -1.84. The number of benzene rings is 1. The molecule has 0 unspecified atom stereocenters. The van der Waals surface area contributed by atoms with Gasteiger partial charge in [0.25, 0.3) is 0 Å². The van der Waals surface area contributed by atoms with Gasteiger partial charge in [0.05, 0.1) is 0 Å². The summed E-state index contributed by atoms with van der Waals surface area (Å²) < 4.78 is 0. The van der Waals surface area contributed by atoms with Crippen LogP contribution in [0.2, 0.25) is 0 Å². The van der Waals surface area contributed by atoms with Gasteiger partial charge < -0.3 is 9.80 Å². The summed E-state index contributed by atoms with van der Waals surface area (Å²) in [5, 5.41) is 0. The zero-order valence-electron chi connectivity index (χ0n) is 12.3. The Morgan fingerprint density at radius 3 is 2.80 bits per heavy atom. The molecule has 1 aromatic rings. The number of para-hydroxylation sites is 1. The molecule has 0 fully saturated rings. The molecular formula is C16H22N2O2. The standard InChI is InChI=1S/C16H22N2O2/c1-3-4-11-17(2)15(19)16(20)18-12-7-9-13-8-5-6-10-14(13)18/h5-6,8,10H,3-4,7,9,11-12H2,1-2H3. The number of carbonyl (C=O) groups is 2. The van der Waals surface area contributed by atoms with Crippen molar-refractivity contribution in [3.05, 3.63) is 29.8 Å². The predicted molar refractivity (Wildman–Crippen MR) is 79.7 cm³/mol. The van der Waals surface area contributed by atoms with Crippen LogP contribution in [0, 0.1) is 0 Å². The molecule has 4 heteroatoms. The van der Waals surface area contributed by atoms with Crippen molar-refractivity contribution >= 4 is 17.5 Å². The number of likely N-dealkylation sites (N-methyl/N-ethyl adjacent to an activating group) is 1. The summed E-state index contributed by atoms with van der Waals surface area (Å²) >= 11 is 0. The van der Waals surface area contributed by atoms with E-state index in [1.165, 1.54) is 4.90 Å². The Balaban J connectivity index is 2.12. The van der Waals surface area contributed by atoms with Gasteiger partial charge in [0.15, 0.2) is 0 Å². The van der Waals surface area contributed by atoms with E-state index in [1.54, 1.807) is 11.9 Å². The molecule has 0 bridgehead atoms. The summed E-state index contributed by atoms with van der Waals surface area (Å²) in [5.41, 5.74) is 2.04. The molecule has 0 spiro atoms. The van der Waals surface area contributed by atoms with Crippen LogP contribution in [0.3, 0.4) is 0 Å². The van der Waals surface area contributed by atoms with Gasteiger partial charge in [-0.25, -0.2) is 0 Å². The number of rotatable bonds is 3. The highest BCUT2D eigenvalue weighted by Gasteiger charge is 2.28. The van der Waals surface area contributed by atoms with E-state index in [9.17, 15) is 9.59 Å². The van der Waals surface area contributed by atoms with E-state index in [1.807, 2.05) is 24.3 Å². The second-order valence-electron chi connectivity index (χ2n) is 5.27. The van der Waals surface area contributed by atoms with Gasteiger partial charge in [-0.15, -0.1) is 0 Å². The lowest BCUT2D eigenvalue weighted by Crippen LogP contribution is -2.46. The molecule has 108 valence electrons. The van der Waals surface area contributed by atoms with Crippen LogP contribution in [0.5, 0.6) is 0 Å². The van der Waals surface area contributed by atoms with Gasteiger partial charge in [0.2, 0.25) is 0 Å². The van der Waals surface area contributed by atoms with Gasteiger partial charge in [-0.2, -0.15) is 0 Å². The van der Waals surface area contributed by atoms with Gasteiger partial charge in [0.1, 0.15) is 0 Å². The summed E-state index contributed by atoms with van der Waals surface area (Å²) in [7, 11) is 1.70. The number of hydrogen-bond acceptors (Lipinski definition) is 2. The molecule has 0 atom stereocenters. The summed E-state index contributed by atoms with van der Waals surface area (Å²) in [6, 6.07) is 7.84. The lowest BCUT2D eigenvalue weighted by Gasteiger charge is -2.30. The normalized spacial score (nSPS) is 13.8. The van der Waals surface area contributed by atoms with Crippen molar-refractivity contribution in [2.75, 3.05) is 25.0 Å². The van der Waals surface area contributed by atoms with Crippen molar-refractivity contribution in [3.8, 4) is 0 Å². The summed E-state index contributed by atoms with van der Waals surface area (Å²) in [5.74, 6) is -0.814. The Labute approximate surface area is 120 Å². The molecule has 0 aliphatic carbocycles. The van der Waals surface area contributed by atoms with Crippen LogP contribution in [0.1, 0.15) is 31.7 Å². The highest BCUT2D eigenvalue weighted by atomic mass is 16.2. The van der Waals surface area contributed by atoms with Gasteiger partial charge in [-0.05, 0) is 30.9 Å². The first-order valence-corrected chi connectivity index (χ1v) is 7.30. The molecule has 0 N–H and O–H groups in total. The third-order valence-electron chi connectivity index (χ3n) is 3.73.